The summed E-state index contributed by atoms with van der Waals surface area (Å²) in [7, 11) is 0. The monoisotopic (exact) mass is 253 g/mol. The standard InChI is InChI=1S/C16H15NO2/c1-11-15(12-7-3-2-4-8-12)19-16(17-11)13-9-5-6-10-14(13)18/h2-11,15,18H,1H3/t11-,15-/m0/s1. The van der Waals surface area contributed by atoms with Gasteiger partial charge in [-0.2, -0.15) is 0 Å². The number of benzene rings is 2. The highest BCUT2D eigenvalue weighted by Crippen LogP contribution is 2.32. The van der Waals surface area contributed by atoms with Gasteiger partial charge in [0.2, 0.25) is 5.90 Å². The van der Waals surface area contributed by atoms with Gasteiger partial charge in [0.05, 0.1) is 11.6 Å². The number of ether oxygens (including phenoxy) is 1. The number of aromatic hydroxyl groups is 1. The molecule has 0 spiro atoms. The summed E-state index contributed by atoms with van der Waals surface area (Å²) in [5, 5.41) is 9.85. The Morgan fingerprint density at radius 1 is 1.00 bits per heavy atom. The summed E-state index contributed by atoms with van der Waals surface area (Å²) in [5.74, 6) is 0.710. The van der Waals surface area contributed by atoms with E-state index in [0.29, 0.717) is 11.5 Å². The number of para-hydroxylation sites is 1. The first-order valence-corrected chi connectivity index (χ1v) is 6.33. The van der Waals surface area contributed by atoms with Gasteiger partial charge in [0.25, 0.3) is 0 Å². The van der Waals surface area contributed by atoms with Gasteiger partial charge in [0.15, 0.2) is 0 Å². The van der Waals surface area contributed by atoms with Crippen LogP contribution in [0.15, 0.2) is 59.6 Å². The molecule has 0 fully saturated rings. The minimum Gasteiger partial charge on any atom is -0.507 e. The number of phenolic OH excluding ortho intramolecular Hbond substituents is 1. The maximum absolute atomic E-state index is 9.85. The summed E-state index contributed by atoms with van der Waals surface area (Å²) in [5.41, 5.74) is 1.75. The number of rotatable bonds is 2. The molecular weight excluding hydrogens is 238 g/mol. The number of aliphatic imine (C=N–C) groups is 1. The van der Waals surface area contributed by atoms with Crippen LogP contribution in [-0.4, -0.2) is 17.0 Å². The third kappa shape index (κ3) is 2.19. The third-order valence-electron chi connectivity index (χ3n) is 3.26. The van der Waals surface area contributed by atoms with Gasteiger partial charge in [-0.15, -0.1) is 0 Å². The molecule has 1 aliphatic rings. The smallest absolute Gasteiger partial charge is 0.220 e. The molecule has 1 aliphatic heterocycles. The Hall–Kier alpha value is -2.29. The lowest BCUT2D eigenvalue weighted by molar-refractivity contribution is 0.202. The molecule has 1 N–H and O–H groups in total. The van der Waals surface area contributed by atoms with Gasteiger partial charge in [-0.05, 0) is 24.6 Å². The lowest BCUT2D eigenvalue weighted by Crippen LogP contribution is -2.10. The van der Waals surface area contributed by atoms with Gasteiger partial charge < -0.3 is 9.84 Å². The van der Waals surface area contributed by atoms with Gasteiger partial charge in [-0.3, -0.25) is 0 Å². The zero-order valence-corrected chi connectivity index (χ0v) is 10.7. The van der Waals surface area contributed by atoms with Crippen molar-refractivity contribution >= 4 is 5.90 Å². The number of hydrogen-bond acceptors (Lipinski definition) is 3. The van der Waals surface area contributed by atoms with E-state index in [1.807, 2.05) is 49.4 Å². The van der Waals surface area contributed by atoms with Crippen LogP contribution >= 0.6 is 0 Å². The molecule has 0 bridgehead atoms. The fraction of sp³-hybridized carbons (Fsp3) is 0.188. The summed E-state index contributed by atoms with van der Waals surface area (Å²) in [4.78, 5) is 4.51. The second kappa shape index (κ2) is 4.76. The van der Waals surface area contributed by atoms with Crippen LogP contribution in [-0.2, 0) is 4.74 Å². The molecule has 2 aromatic carbocycles. The molecule has 0 amide bonds. The van der Waals surface area contributed by atoms with Crippen LogP contribution in [0.3, 0.4) is 0 Å². The molecule has 3 heteroatoms. The van der Waals surface area contributed by atoms with Gasteiger partial charge in [0, 0.05) is 0 Å². The first-order valence-electron chi connectivity index (χ1n) is 6.33. The summed E-state index contributed by atoms with van der Waals surface area (Å²) in [6.45, 7) is 2.02. The van der Waals surface area contributed by atoms with E-state index in [2.05, 4.69) is 4.99 Å². The van der Waals surface area contributed by atoms with Crippen molar-refractivity contribution in [2.24, 2.45) is 4.99 Å². The Balaban J connectivity index is 1.89. The van der Waals surface area contributed by atoms with Crippen molar-refractivity contribution < 1.29 is 9.84 Å². The molecule has 1 heterocycles. The quantitative estimate of drug-likeness (QED) is 0.892. The van der Waals surface area contributed by atoms with Crippen molar-refractivity contribution in [2.75, 3.05) is 0 Å². The minimum absolute atomic E-state index is 0.0389. The molecular formula is C16H15NO2. The van der Waals surface area contributed by atoms with Gasteiger partial charge in [-0.25, -0.2) is 4.99 Å². The number of nitrogens with zero attached hydrogens (tertiary/aromatic N) is 1. The van der Waals surface area contributed by atoms with Crippen molar-refractivity contribution in [3.63, 3.8) is 0 Å². The maximum Gasteiger partial charge on any atom is 0.220 e. The fourth-order valence-corrected chi connectivity index (χ4v) is 2.28. The van der Waals surface area contributed by atoms with Crippen molar-refractivity contribution in [1.82, 2.24) is 0 Å². The Labute approximate surface area is 112 Å². The van der Waals surface area contributed by atoms with E-state index in [0.717, 1.165) is 5.56 Å². The Morgan fingerprint density at radius 2 is 1.68 bits per heavy atom. The van der Waals surface area contributed by atoms with Crippen molar-refractivity contribution in [1.29, 1.82) is 0 Å². The molecule has 0 saturated heterocycles. The van der Waals surface area contributed by atoms with E-state index >= 15 is 0 Å². The molecule has 2 aromatic rings. The van der Waals surface area contributed by atoms with Gasteiger partial charge >= 0.3 is 0 Å². The number of hydrogen-bond donors (Lipinski definition) is 1. The van der Waals surface area contributed by atoms with Crippen LogP contribution in [0, 0.1) is 0 Å². The molecule has 2 atom stereocenters. The normalized spacial score (nSPS) is 21.8. The number of phenols is 1. The molecule has 0 unspecified atom stereocenters. The van der Waals surface area contributed by atoms with Crippen LogP contribution in [0.1, 0.15) is 24.2 Å². The average molecular weight is 253 g/mol. The molecule has 0 aromatic heterocycles. The molecule has 3 nitrogen and oxygen atoms in total. The van der Waals surface area contributed by atoms with E-state index in [1.165, 1.54) is 0 Å². The predicted molar refractivity (Wildman–Crippen MR) is 74.4 cm³/mol. The highest BCUT2D eigenvalue weighted by atomic mass is 16.5. The van der Waals surface area contributed by atoms with Crippen molar-refractivity contribution in [3.8, 4) is 5.75 Å². The SMILES string of the molecule is C[C@@H]1N=C(c2ccccc2O)O[C@@H]1c1ccccc1. The maximum atomic E-state index is 9.85. The highest BCUT2D eigenvalue weighted by Gasteiger charge is 2.30. The largest absolute Gasteiger partial charge is 0.507 e. The van der Waals surface area contributed by atoms with Crippen LogP contribution in [0.25, 0.3) is 0 Å². The zero-order chi connectivity index (χ0) is 13.2. The summed E-state index contributed by atoms with van der Waals surface area (Å²) >= 11 is 0. The van der Waals surface area contributed by atoms with Crippen LogP contribution < -0.4 is 0 Å². The minimum atomic E-state index is -0.0872. The van der Waals surface area contributed by atoms with E-state index in [-0.39, 0.29) is 17.9 Å². The second-order valence-electron chi connectivity index (χ2n) is 4.64. The van der Waals surface area contributed by atoms with Gasteiger partial charge in [-0.1, -0.05) is 42.5 Å². The zero-order valence-electron chi connectivity index (χ0n) is 10.7. The van der Waals surface area contributed by atoms with E-state index in [4.69, 9.17) is 4.74 Å². The fourth-order valence-electron chi connectivity index (χ4n) is 2.28. The molecule has 96 valence electrons. The lowest BCUT2D eigenvalue weighted by Gasteiger charge is -2.15. The van der Waals surface area contributed by atoms with E-state index in [9.17, 15) is 5.11 Å². The molecule has 0 radical (unpaired) electrons. The summed E-state index contributed by atoms with van der Waals surface area (Å²) in [6.07, 6.45) is -0.0872. The first kappa shape index (κ1) is 11.8. The third-order valence-corrected chi connectivity index (χ3v) is 3.26. The molecule has 0 saturated carbocycles. The first-order chi connectivity index (χ1) is 9.25. The second-order valence-corrected chi connectivity index (χ2v) is 4.64. The van der Waals surface area contributed by atoms with E-state index < -0.39 is 0 Å². The topological polar surface area (TPSA) is 41.8 Å². The average Bonchev–Trinajstić information content (AvgIpc) is 2.82. The molecule has 3 rings (SSSR count). The summed E-state index contributed by atoms with van der Waals surface area (Å²) in [6, 6.07) is 17.2. The lowest BCUT2D eigenvalue weighted by atomic mass is 10.0. The van der Waals surface area contributed by atoms with Gasteiger partial charge in [0.1, 0.15) is 11.9 Å². The van der Waals surface area contributed by atoms with E-state index in [1.54, 1.807) is 12.1 Å². The summed E-state index contributed by atoms with van der Waals surface area (Å²) < 4.78 is 5.92. The molecule has 19 heavy (non-hydrogen) atoms. The highest BCUT2D eigenvalue weighted by molar-refractivity contribution is 5.97. The van der Waals surface area contributed by atoms with Crippen LogP contribution in [0.4, 0.5) is 0 Å². The van der Waals surface area contributed by atoms with Crippen molar-refractivity contribution in [3.05, 3.63) is 65.7 Å². The predicted octanol–water partition coefficient (Wildman–Crippen LogP) is 3.30. The Bertz CT molecular complexity index is 607. The van der Waals surface area contributed by atoms with Crippen LogP contribution in [0.2, 0.25) is 0 Å². The Kier molecular flexibility index (Phi) is 2.95. The van der Waals surface area contributed by atoms with Crippen LogP contribution in [0.5, 0.6) is 5.75 Å². The van der Waals surface area contributed by atoms with Crippen molar-refractivity contribution in [2.45, 2.75) is 19.1 Å². The Morgan fingerprint density at radius 3 is 2.42 bits per heavy atom. The molecule has 0 aliphatic carbocycles.